The summed E-state index contributed by atoms with van der Waals surface area (Å²) in [6.07, 6.45) is 0.509. The minimum absolute atomic E-state index is 0.108. The third-order valence-electron chi connectivity index (χ3n) is 4.03. The number of carbonyl (C=O) groups is 1. The van der Waals surface area contributed by atoms with Crippen molar-refractivity contribution in [1.29, 1.82) is 0 Å². The molecule has 0 radical (unpaired) electrons. The van der Waals surface area contributed by atoms with Gasteiger partial charge in [-0.1, -0.05) is 19.1 Å². The van der Waals surface area contributed by atoms with Gasteiger partial charge in [-0.15, -0.1) is 0 Å². The van der Waals surface area contributed by atoms with Gasteiger partial charge in [-0.25, -0.2) is 0 Å². The fourth-order valence-electron chi connectivity index (χ4n) is 2.58. The minimum atomic E-state index is 0.108. The third kappa shape index (κ3) is 5.31. The zero-order valence-electron chi connectivity index (χ0n) is 13.5. The van der Waals surface area contributed by atoms with E-state index in [1.807, 2.05) is 24.3 Å². The van der Waals surface area contributed by atoms with E-state index in [9.17, 15) is 4.79 Å². The molecule has 1 aromatic rings. The molecule has 0 aliphatic carbocycles. The maximum absolute atomic E-state index is 12.0. The van der Waals surface area contributed by atoms with Crippen molar-refractivity contribution in [1.82, 2.24) is 10.2 Å². The number of hydrogen-bond donors (Lipinski definition) is 1. The molecule has 1 atom stereocenters. The number of rotatable bonds is 7. The van der Waals surface area contributed by atoms with Gasteiger partial charge in [-0.05, 0) is 23.6 Å². The largest absolute Gasteiger partial charge is 0.497 e. The molecule has 1 N–H and O–H groups in total. The zero-order chi connectivity index (χ0) is 15.8. The van der Waals surface area contributed by atoms with E-state index < -0.39 is 0 Å². The summed E-state index contributed by atoms with van der Waals surface area (Å²) in [7, 11) is 1.65. The van der Waals surface area contributed by atoms with E-state index in [-0.39, 0.29) is 11.8 Å². The van der Waals surface area contributed by atoms with E-state index in [2.05, 4.69) is 17.1 Å². The molecule has 1 fully saturated rings. The summed E-state index contributed by atoms with van der Waals surface area (Å²) in [5.41, 5.74) is 1.16. The standard InChI is InChI=1S/C17H26N2O3/c1-14(15-3-5-16(21-2)6-4-15)13-17(20)18-7-8-19-9-11-22-12-10-19/h3-6,14H,7-13H2,1-2H3,(H,18,20). The molecule has 1 unspecified atom stereocenters. The van der Waals surface area contributed by atoms with Crippen LogP contribution in [0.3, 0.4) is 0 Å². The molecule has 1 aliphatic heterocycles. The fourth-order valence-corrected chi connectivity index (χ4v) is 2.58. The smallest absolute Gasteiger partial charge is 0.220 e. The number of morpholine rings is 1. The highest BCUT2D eigenvalue weighted by atomic mass is 16.5. The first kappa shape index (κ1) is 16.8. The van der Waals surface area contributed by atoms with Crippen LogP contribution in [-0.2, 0) is 9.53 Å². The predicted octanol–water partition coefficient (Wildman–Crippen LogP) is 1.64. The van der Waals surface area contributed by atoms with Gasteiger partial charge in [0.05, 0.1) is 20.3 Å². The molecule has 1 heterocycles. The van der Waals surface area contributed by atoms with Gasteiger partial charge in [0, 0.05) is 32.6 Å². The van der Waals surface area contributed by atoms with E-state index in [1.54, 1.807) is 7.11 Å². The summed E-state index contributed by atoms with van der Waals surface area (Å²) in [6, 6.07) is 7.90. The molecule has 0 aromatic heterocycles. The molecular formula is C17H26N2O3. The number of amides is 1. The van der Waals surface area contributed by atoms with E-state index >= 15 is 0 Å². The van der Waals surface area contributed by atoms with Crippen molar-refractivity contribution in [2.75, 3.05) is 46.5 Å². The van der Waals surface area contributed by atoms with Crippen LogP contribution >= 0.6 is 0 Å². The van der Waals surface area contributed by atoms with Crippen molar-refractivity contribution in [2.45, 2.75) is 19.3 Å². The number of carbonyl (C=O) groups excluding carboxylic acids is 1. The van der Waals surface area contributed by atoms with Crippen LogP contribution in [0.15, 0.2) is 24.3 Å². The Kier molecular flexibility index (Phi) is 6.68. The maximum atomic E-state index is 12.0. The molecule has 1 aromatic carbocycles. The van der Waals surface area contributed by atoms with Crippen LogP contribution in [0, 0.1) is 0 Å². The molecule has 0 spiro atoms. The van der Waals surface area contributed by atoms with Crippen molar-refractivity contribution in [2.24, 2.45) is 0 Å². The fraction of sp³-hybridized carbons (Fsp3) is 0.588. The Balaban J connectivity index is 1.68. The zero-order valence-corrected chi connectivity index (χ0v) is 13.5. The molecule has 5 nitrogen and oxygen atoms in total. The Labute approximate surface area is 132 Å². The Morgan fingerprint density at radius 2 is 2.00 bits per heavy atom. The lowest BCUT2D eigenvalue weighted by molar-refractivity contribution is -0.121. The van der Waals surface area contributed by atoms with Crippen molar-refractivity contribution in [3.63, 3.8) is 0 Å². The van der Waals surface area contributed by atoms with Crippen molar-refractivity contribution < 1.29 is 14.3 Å². The first-order chi connectivity index (χ1) is 10.7. The van der Waals surface area contributed by atoms with Crippen LogP contribution in [-0.4, -0.2) is 57.3 Å². The summed E-state index contributed by atoms with van der Waals surface area (Å²) < 4.78 is 10.5. The lowest BCUT2D eigenvalue weighted by Crippen LogP contribution is -2.41. The summed E-state index contributed by atoms with van der Waals surface area (Å²) in [5.74, 6) is 1.15. The second kappa shape index (κ2) is 8.76. The van der Waals surface area contributed by atoms with Gasteiger partial charge in [0.15, 0.2) is 0 Å². The summed E-state index contributed by atoms with van der Waals surface area (Å²) >= 11 is 0. The normalized spacial score (nSPS) is 17.0. The van der Waals surface area contributed by atoms with Crippen LogP contribution < -0.4 is 10.1 Å². The van der Waals surface area contributed by atoms with E-state index in [0.717, 1.165) is 44.2 Å². The highest BCUT2D eigenvalue weighted by Gasteiger charge is 2.13. The van der Waals surface area contributed by atoms with Gasteiger partial charge < -0.3 is 14.8 Å². The van der Waals surface area contributed by atoms with Gasteiger partial charge in [-0.2, -0.15) is 0 Å². The SMILES string of the molecule is COc1ccc(C(C)CC(=O)NCCN2CCOCC2)cc1. The molecule has 0 bridgehead atoms. The molecular weight excluding hydrogens is 280 g/mol. The lowest BCUT2D eigenvalue weighted by atomic mass is 9.97. The summed E-state index contributed by atoms with van der Waals surface area (Å²) in [4.78, 5) is 14.3. The minimum Gasteiger partial charge on any atom is -0.497 e. The number of benzene rings is 1. The average Bonchev–Trinajstić information content (AvgIpc) is 2.56. The topological polar surface area (TPSA) is 50.8 Å². The Bertz CT molecular complexity index is 455. The van der Waals surface area contributed by atoms with E-state index in [4.69, 9.17) is 9.47 Å². The van der Waals surface area contributed by atoms with Crippen LogP contribution in [0.1, 0.15) is 24.8 Å². The van der Waals surface area contributed by atoms with Gasteiger partial charge in [0.1, 0.15) is 5.75 Å². The Hall–Kier alpha value is -1.59. The lowest BCUT2D eigenvalue weighted by Gasteiger charge is -2.26. The van der Waals surface area contributed by atoms with Crippen molar-refractivity contribution in [3.05, 3.63) is 29.8 Å². The number of hydrogen-bond acceptors (Lipinski definition) is 4. The van der Waals surface area contributed by atoms with Crippen molar-refractivity contribution in [3.8, 4) is 5.75 Å². The summed E-state index contributed by atoms with van der Waals surface area (Å²) in [6.45, 7) is 7.17. The van der Waals surface area contributed by atoms with Crippen LogP contribution in [0.4, 0.5) is 0 Å². The number of nitrogens with zero attached hydrogens (tertiary/aromatic N) is 1. The first-order valence-electron chi connectivity index (χ1n) is 7.90. The van der Waals surface area contributed by atoms with E-state index in [0.29, 0.717) is 13.0 Å². The predicted molar refractivity (Wildman–Crippen MR) is 86.3 cm³/mol. The summed E-state index contributed by atoms with van der Waals surface area (Å²) in [5, 5.41) is 3.01. The quantitative estimate of drug-likeness (QED) is 0.832. The second-order valence-corrected chi connectivity index (χ2v) is 5.68. The third-order valence-corrected chi connectivity index (χ3v) is 4.03. The van der Waals surface area contributed by atoms with Gasteiger partial charge in [0.25, 0.3) is 0 Å². The molecule has 1 amide bonds. The Morgan fingerprint density at radius 1 is 1.32 bits per heavy atom. The first-order valence-corrected chi connectivity index (χ1v) is 7.90. The monoisotopic (exact) mass is 306 g/mol. The maximum Gasteiger partial charge on any atom is 0.220 e. The van der Waals surface area contributed by atoms with Crippen LogP contribution in [0.25, 0.3) is 0 Å². The number of nitrogens with one attached hydrogen (secondary N) is 1. The Morgan fingerprint density at radius 3 is 2.64 bits per heavy atom. The number of methoxy groups -OCH3 is 1. The second-order valence-electron chi connectivity index (χ2n) is 5.68. The highest BCUT2D eigenvalue weighted by Crippen LogP contribution is 2.21. The molecule has 0 saturated carbocycles. The van der Waals surface area contributed by atoms with E-state index in [1.165, 1.54) is 0 Å². The highest BCUT2D eigenvalue weighted by molar-refractivity contribution is 5.76. The molecule has 2 rings (SSSR count). The van der Waals surface area contributed by atoms with Gasteiger partial charge in [0.2, 0.25) is 5.91 Å². The molecule has 1 saturated heterocycles. The average molecular weight is 306 g/mol. The van der Waals surface area contributed by atoms with Crippen LogP contribution in [0.5, 0.6) is 5.75 Å². The van der Waals surface area contributed by atoms with Crippen molar-refractivity contribution >= 4 is 5.91 Å². The van der Waals surface area contributed by atoms with Gasteiger partial charge >= 0.3 is 0 Å². The van der Waals surface area contributed by atoms with Gasteiger partial charge in [-0.3, -0.25) is 9.69 Å². The molecule has 122 valence electrons. The molecule has 1 aliphatic rings. The number of ether oxygens (including phenoxy) is 2. The van der Waals surface area contributed by atoms with Crippen LogP contribution in [0.2, 0.25) is 0 Å². The molecule has 5 heteroatoms. The molecule has 22 heavy (non-hydrogen) atoms.